The maximum absolute atomic E-state index is 12.4. The smallest absolute Gasteiger partial charge is 0.251 e. The molecule has 2 saturated heterocycles. The van der Waals surface area contributed by atoms with Crippen LogP contribution in [0.3, 0.4) is 0 Å². The predicted molar refractivity (Wildman–Crippen MR) is 68.5 cm³/mol. The van der Waals surface area contributed by atoms with Crippen LogP contribution >= 0.6 is 0 Å². The number of carbonyl (C=O) groups excluding carboxylic acids is 1. The van der Waals surface area contributed by atoms with Crippen LogP contribution in [0, 0.1) is 0 Å². The van der Waals surface area contributed by atoms with Crippen LogP contribution in [-0.4, -0.2) is 62.9 Å². The number of rotatable bonds is 6. The third-order valence-corrected chi connectivity index (χ3v) is 3.69. The van der Waals surface area contributed by atoms with Crippen molar-refractivity contribution in [1.82, 2.24) is 10.2 Å². The minimum Gasteiger partial charge on any atom is -0.383 e. The van der Waals surface area contributed by atoms with E-state index in [4.69, 9.17) is 9.47 Å². The van der Waals surface area contributed by atoms with E-state index >= 15 is 0 Å². The minimum atomic E-state index is -0.219. The van der Waals surface area contributed by atoms with Crippen LogP contribution in [0.15, 0.2) is 0 Å². The van der Waals surface area contributed by atoms with E-state index < -0.39 is 0 Å². The molecule has 2 rings (SSSR count). The van der Waals surface area contributed by atoms with E-state index in [0.29, 0.717) is 19.2 Å². The van der Waals surface area contributed by atoms with E-state index in [1.807, 2.05) is 4.90 Å². The molecular formula is C13H24N2O3. The van der Waals surface area contributed by atoms with Crippen molar-refractivity contribution >= 4 is 5.91 Å². The Morgan fingerprint density at radius 3 is 2.94 bits per heavy atom. The maximum Gasteiger partial charge on any atom is 0.251 e. The summed E-state index contributed by atoms with van der Waals surface area (Å²) in [5.74, 6) is 0.137. The van der Waals surface area contributed by atoms with Crippen LogP contribution in [-0.2, 0) is 14.3 Å². The van der Waals surface area contributed by atoms with Gasteiger partial charge < -0.3 is 19.7 Å². The second-order valence-corrected chi connectivity index (χ2v) is 5.07. The van der Waals surface area contributed by atoms with Gasteiger partial charge in [-0.3, -0.25) is 4.79 Å². The van der Waals surface area contributed by atoms with Crippen LogP contribution in [0.5, 0.6) is 0 Å². The molecule has 2 aliphatic rings. The van der Waals surface area contributed by atoms with Gasteiger partial charge in [0.15, 0.2) is 0 Å². The summed E-state index contributed by atoms with van der Waals surface area (Å²) in [5, 5.41) is 3.43. The first kappa shape index (κ1) is 13.8. The Morgan fingerprint density at radius 1 is 1.44 bits per heavy atom. The third-order valence-electron chi connectivity index (χ3n) is 3.69. The molecule has 0 aromatic carbocycles. The molecule has 0 saturated carbocycles. The van der Waals surface area contributed by atoms with Gasteiger partial charge in [-0.2, -0.15) is 0 Å². The van der Waals surface area contributed by atoms with Gasteiger partial charge in [-0.1, -0.05) is 0 Å². The van der Waals surface area contributed by atoms with Gasteiger partial charge in [0.1, 0.15) is 6.10 Å². The summed E-state index contributed by atoms with van der Waals surface area (Å²) in [5.41, 5.74) is 0. The van der Waals surface area contributed by atoms with Crippen LogP contribution in [0.25, 0.3) is 0 Å². The van der Waals surface area contributed by atoms with Gasteiger partial charge in [0.25, 0.3) is 5.91 Å². The molecule has 2 aliphatic heterocycles. The van der Waals surface area contributed by atoms with E-state index in [1.165, 1.54) is 6.42 Å². The molecule has 104 valence electrons. The highest BCUT2D eigenvalue weighted by Crippen LogP contribution is 2.16. The lowest BCUT2D eigenvalue weighted by Crippen LogP contribution is -2.46. The third kappa shape index (κ3) is 3.67. The van der Waals surface area contributed by atoms with Gasteiger partial charge in [-0.05, 0) is 32.2 Å². The Morgan fingerprint density at radius 2 is 2.33 bits per heavy atom. The number of ether oxygens (including phenoxy) is 2. The fraction of sp³-hybridized carbons (Fsp3) is 0.923. The minimum absolute atomic E-state index is 0.137. The first-order valence-corrected chi connectivity index (χ1v) is 6.94. The molecule has 0 aromatic heterocycles. The average molecular weight is 256 g/mol. The maximum atomic E-state index is 12.4. The number of amides is 1. The van der Waals surface area contributed by atoms with Gasteiger partial charge in [-0.25, -0.2) is 0 Å². The van der Waals surface area contributed by atoms with Gasteiger partial charge in [0, 0.05) is 32.8 Å². The van der Waals surface area contributed by atoms with Crippen molar-refractivity contribution in [2.24, 2.45) is 0 Å². The monoisotopic (exact) mass is 256 g/mol. The lowest BCUT2D eigenvalue weighted by Gasteiger charge is -2.27. The fourth-order valence-electron chi connectivity index (χ4n) is 2.65. The summed E-state index contributed by atoms with van der Waals surface area (Å²) in [4.78, 5) is 14.3. The van der Waals surface area contributed by atoms with Crippen LogP contribution in [0.1, 0.15) is 25.7 Å². The molecule has 18 heavy (non-hydrogen) atoms. The second-order valence-electron chi connectivity index (χ2n) is 5.07. The van der Waals surface area contributed by atoms with Gasteiger partial charge in [0.2, 0.25) is 0 Å². The van der Waals surface area contributed by atoms with E-state index in [1.54, 1.807) is 7.11 Å². The molecular weight excluding hydrogens is 232 g/mol. The topological polar surface area (TPSA) is 50.8 Å². The first-order valence-electron chi connectivity index (χ1n) is 6.94. The second kappa shape index (κ2) is 7.07. The lowest BCUT2D eigenvalue weighted by atomic mass is 10.1. The van der Waals surface area contributed by atoms with E-state index in [9.17, 15) is 4.79 Å². The standard InChI is InChI=1S/C13H24N2O3/c1-17-9-7-15(10-11-4-2-6-14-11)13(16)12-5-3-8-18-12/h11-12,14H,2-10H2,1H3/t11?,12-/m1/s1. The molecule has 1 unspecified atom stereocenters. The van der Waals surface area contributed by atoms with Crippen LogP contribution in [0.4, 0.5) is 0 Å². The fourth-order valence-corrected chi connectivity index (χ4v) is 2.65. The molecule has 2 atom stereocenters. The van der Waals surface area contributed by atoms with E-state index in [-0.39, 0.29) is 12.0 Å². The zero-order chi connectivity index (χ0) is 12.8. The summed E-state index contributed by atoms with van der Waals surface area (Å²) in [6.07, 6.45) is 4.00. The first-order chi connectivity index (χ1) is 8.81. The van der Waals surface area contributed by atoms with Crippen LogP contribution < -0.4 is 5.32 Å². The molecule has 0 bridgehead atoms. The molecule has 1 N–H and O–H groups in total. The number of methoxy groups -OCH3 is 1. The van der Waals surface area contributed by atoms with Gasteiger partial charge in [0.05, 0.1) is 6.61 Å². The summed E-state index contributed by atoms with van der Waals surface area (Å²) < 4.78 is 10.6. The molecule has 0 aromatic rings. The highest BCUT2D eigenvalue weighted by atomic mass is 16.5. The molecule has 5 heteroatoms. The molecule has 0 aliphatic carbocycles. The highest BCUT2D eigenvalue weighted by molar-refractivity contribution is 5.81. The average Bonchev–Trinajstić information content (AvgIpc) is 3.06. The molecule has 5 nitrogen and oxygen atoms in total. The van der Waals surface area contributed by atoms with E-state index in [2.05, 4.69) is 5.32 Å². The van der Waals surface area contributed by atoms with Crippen molar-refractivity contribution in [2.75, 3.05) is 40.0 Å². The summed E-state index contributed by atoms with van der Waals surface area (Å²) in [6, 6.07) is 0.437. The molecule has 2 heterocycles. The predicted octanol–water partition coefficient (Wildman–Crippen LogP) is 0.392. The SMILES string of the molecule is COCCN(CC1CCCN1)C(=O)[C@H]1CCCO1. The number of nitrogens with one attached hydrogen (secondary N) is 1. The quantitative estimate of drug-likeness (QED) is 0.747. The number of hydrogen-bond acceptors (Lipinski definition) is 4. The Hall–Kier alpha value is -0.650. The van der Waals surface area contributed by atoms with Gasteiger partial charge in [-0.15, -0.1) is 0 Å². The largest absolute Gasteiger partial charge is 0.383 e. The highest BCUT2D eigenvalue weighted by Gasteiger charge is 2.29. The van der Waals surface area contributed by atoms with Crippen molar-refractivity contribution in [2.45, 2.75) is 37.8 Å². The van der Waals surface area contributed by atoms with Crippen molar-refractivity contribution in [3.8, 4) is 0 Å². The van der Waals surface area contributed by atoms with Crippen molar-refractivity contribution in [3.05, 3.63) is 0 Å². The molecule has 0 spiro atoms. The van der Waals surface area contributed by atoms with Crippen molar-refractivity contribution < 1.29 is 14.3 Å². The zero-order valence-electron chi connectivity index (χ0n) is 11.2. The Labute approximate surface area is 109 Å². The normalized spacial score (nSPS) is 27.6. The zero-order valence-corrected chi connectivity index (χ0v) is 11.2. The molecule has 0 radical (unpaired) electrons. The Kier molecular flexibility index (Phi) is 5.41. The van der Waals surface area contributed by atoms with Gasteiger partial charge >= 0.3 is 0 Å². The summed E-state index contributed by atoms with van der Waals surface area (Å²) >= 11 is 0. The number of hydrogen-bond donors (Lipinski definition) is 1. The number of nitrogens with zero attached hydrogens (tertiary/aromatic N) is 1. The molecule has 1 amide bonds. The summed E-state index contributed by atoms with van der Waals surface area (Å²) in [6.45, 7) is 3.81. The van der Waals surface area contributed by atoms with E-state index in [0.717, 1.165) is 39.0 Å². The Bertz CT molecular complexity index is 261. The van der Waals surface area contributed by atoms with Crippen LogP contribution in [0.2, 0.25) is 0 Å². The van der Waals surface area contributed by atoms with Crippen molar-refractivity contribution in [3.63, 3.8) is 0 Å². The van der Waals surface area contributed by atoms with Crippen molar-refractivity contribution in [1.29, 1.82) is 0 Å². The number of carbonyl (C=O) groups is 1. The summed E-state index contributed by atoms with van der Waals surface area (Å²) in [7, 11) is 1.67. The lowest BCUT2D eigenvalue weighted by molar-refractivity contribution is -0.141. The Balaban J connectivity index is 1.87. The molecule has 2 fully saturated rings.